The topological polar surface area (TPSA) is 51.2 Å². The van der Waals surface area contributed by atoms with Gasteiger partial charge in [-0.15, -0.1) is 0 Å². The van der Waals surface area contributed by atoms with E-state index in [0.29, 0.717) is 21.2 Å². The molecule has 0 aliphatic carbocycles. The van der Waals surface area contributed by atoms with Gasteiger partial charge in [0.05, 0.1) is 16.6 Å². The average molecular weight is 419 g/mol. The third-order valence-electron chi connectivity index (χ3n) is 4.21. The smallest absolute Gasteiger partial charge is 0.179 e. The summed E-state index contributed by atoms with van der Waals surface area (Å²) in [6.45, 7) is 0. The van der Waals surface area contributed by atoms with Crippen molar-refractivity contribution < 1.29 is 13.2 Å². The number of carbonyl (C=O) groups excluding carboxylic acids is 1. The first-order valence-corrected chi connectivity index (χ1v) is 10.6. The van der Waals surface area contributed by atoms with Crippen LogP contribution >= 0.6 is 23.2 Å². The molecule has 0 spiro atoms. The normalized spacial score (nSPS) is 12.5. The van der Waals surface area contributed by atoms with Gasteiger partial charge in [-0.2, -0.15) is 0 Å². The molecule has 0 heterocycles. The van der Waals surface area contributed by atoms with Gasteiger partial charge in [0, 0.05) is 15.6 Å². The third-order valence-corrected chi connectivity index (χ3v) is 6.47. The number of rotatable bonds is 6. The number of Topliss-reactive ketones (excluding diaryl/α,β-unsaturated/α-hetero) is 1. The molecular weight excluding hydrogens is 403 g/mol. The zero-order valence-electron chi connectivity index (χ0n) is 14.2. The number of hydrogen-bond donors (Lipinski definition) is 0. The quantitative estimate of drug-likeness (QED) is 0.501. The van der Waals surface area contributed by atoms with Crippen LogP contribution < -0.4 is 0 Å². The molecule has 138 valence electrons. The second kappa shape index (κ2) is 8.26. The van der Waals surface area contributed by atoms with E-state index in [0.717, 1.165) is 0 Å². The lowest BCUT2D eigenvalue weighted by atomic mass is 9.92. The fourth-order valence-electron chi connectivity index (χ4n) is 2.78. The Hall–Kier alpha value is -2.14. The molecule has 0 bridgehead atoms. The van der Waals surface area contributed by atoms with Crippen LogP contribution in [0.25, 0.3) is 0 Å². The molecular formula is C21H16Cl2O3S. The molecule has 27 heavy (non-hydrogen) atoms. The first-order valence-electron chi connectivity index (χ1n) is 8.20. The van der Waals surface area contributed by atoms with E-state index in [1.807, 2.05) is 0 Å². The molecule has 0 amide bonds. The van der Waals surface area contributed by atoms with E-state index in [9.17, 15) is 13.2 Å². The summed E-state index contributed by atoms with van der Waals surface area (Å²) in [5.74, 6) is -1.47. The highest BCUT2D eigenvalue weighted by atomic mass is 35.5. The fraction of sp³-hybridized carbons (Fsp3) is 0.0952. The van der Waals surface area contributed by atoms with Crippen molar-refractivity contribution in [3.8, 4) is 0 Å². The molecule has 1 atom stereocenters. The Balaban J connectivity index is 2.01. The lowest BCUT2D eigenvalue weighted by molar-refractivity contribution is 0.0967. The fourth-order valence-corrected chi connectivity index (χ4v) is 4.58. The SMILES string of the molecule is O=C(c1ccc(Cl)cc1)C(CS(=O)(=O)c1ccccc1)c1ccc(Cl)cc1. The minimum absolute atomic E-state index is 0.188. The maximum atomic E-state index is 13.1. The second-order valence-corrected chi connectivity index (χ2v) is 8.98. The second-order valence-electron chi connectivity index (χ2n) is 6.07. The summed E-state index contributed by atoms with van der Waals surface area (Å²) in [4.78, 5) is 13.3. The number of carbonyl (C=O) groups is 1. The molecule has 0 N–H and O–H groups in total. The van der Waals surface area contributed by atoms with E-state index in [-0.39, 0.29) is 16.4 Å². The van der Waals surface area contributed by atoms with Crippen molar-refractivity contribution in [1.82, 2.24) is 0 Å². The van der Waals surface area contributed by atoms with E-state index < -0.39 is 15.8 Å². The molecule has 3 rings (SSSR count). The van der Waals surface area contributed by atoms with Gasteiger partial charge < -0.3 is 0 Å². The van der Waals surface area contributed by atoms with Crippen LogP contribution in [0.1, 0.15) is 21.8 Å². The molecule has 1 unspecified atom stereocenters. The molecule has 3 aromatic carbocycles. The zero-order valence-corrected chi connectivity index (χ0v) is 16.5. The Morgan fingerprint density at radius 2 is 1.30 bits per heavy atom. The van der Waals surface area contributed by atoms with Gasteiger partial charge in [-0.25, -0.2) is 8.42 Å². The van der Waals surface area contributed by atoms with Crippen LogP contribution in [0.3, 0.4) is 0 Å². The summed E-state index contributed by atoms with van der Waals surface area (Å²) in [7, 11) is -3.66. The minimum Gasteiger partial charge on any atom is -0.293 e. The van der Waals surface area contributed by atoms with Crippen LogP contribution in [-0.2, 0) is 9.84 Å². The summed E-state index contributed by atoms with van der Waals surface area (Å²) in [6.07, 6.45) is 0. The average Bonchev–Trinajstić information content (AvgIpc) is 2.68. The summed E-state index contributed by atoms with van der Waals surface area (Å²) >= 11 is 11.8. The third kappa shape index (κ3) is 4.78. The maximum absolute atomic E-state index is 13.1. The Kier molecular flexibility index (Phi) is 6.00. The van der Waals surface area contributed by atoms with Crippen molar-refractivity contribution >= 4 is 38.8 Å². The lowest BCUT2D eigenvalue weighted by Gasteiger charge is -2.17. The van der Waals surface area contributed by atoms with E-state index in [1.165, 1.54) is 12.1 Å². The minimum atomic E-state index is -3.66. The predicted molar refractivity (Wildman–Crippen MR) is 108 cm³/mol. The van der Waals surface area contributed by atoms with Crippen LogP contribution in [0.5, 0.6) is 0 Å². The van der Waals surface area contributed by atoms with Gasteiger partial charge in [-0.3, -0.25) is 4.79 Å². The van der Waals surface area contributed by atoms with Gasteiger partial charge in [0.2, 0.25) is 0 Å². The van der Waals surface area contributed by atoms with Gasteiger partial charge in [-0.1, -0.05) is 53.5 Å². The maximum Gasteiger partial charge on any atom is 0.179 e. The van der Waals surface area contributed by atoms with E-state index in [2.05, 4.69) is 0 Å². The van der Waals surface area contributed by atoms with Gasteiger partial charge in [0.25, 0.3) is 0 Å². The van der Waals surface area contributed by atoms with Crippen molar-refractivity contribution in [3.63, 3.8) is 0 Å². The van der Waals surface area contributed by atoms with Crippen molar-refractivity contribution in [1.29, 1.82) is 0 Å². The molecule has 0 fully saturated rings. The monoisotopic (exact) mass is 418 g/mol. The number of benzene rings is 3. The highest BCUT2D eigenvalue weighted by Crippen LogP contribution is 2.27. The van der Waals surface area contributed by atoms with Gasteiger partial charge in [0.1, 0.15) is 0 Å². The number of ketones is 1. The molecule has 0 saturated heterocycles. The largest absolute Gasteiger partial charge is 0.293 e. The predicted octanol–water partition coefficient (Wildman–Crippen LogP) is 5.43. The first-order chi connectivity index (χ1) is 12.9. The summed E-state index contributed by atoms with van der Waals surface area (Å²) in [5, 5.41) is 1.02. The van der Waals surface area contributed by atoms with E-state index in [4.69, 9.17) is 23.2 Å². The zero-order chi connectivity index (χ0) is 19.4. The van der Waals surface area contributed by atoms with Crippen molar-refractivity contribution in [2.75, 3.05) is 5.75 Å². The van der Waals surface area contributed by atoms with Crippen LogP contribution in [-0.4, -0.2) is 20.0 Å². The number of sulfone groups is 1. The molecule has 0 aliphatic rings. The van der Waals surface area contributed by atoms with E-state index in [1.54, 1.807) is 66.7 Å². The Morgan fingerprint density at radius 1 is 0.778 bits per heavy atom. The van der Waals surface area contributed by atoms with Gasteiger partial charge in [0.15, 0.2) is 15.6 Å². The molecule has 6 heteroatoms. The van der Waals surface area contributed by atoms with Crippen LogP contribution in [0.4, 0.5) is 0 Å². The molecule has 3 nitrogen and oxygen atoms in total. The Bertz CT molecular complexity index is 1030. The number of halogens is 2. The van der Waals surface area contributed by atoms with Gasteiger partial charge in [-0.05, 0) is 54.1 Å². The molecule has 0 aromatic heterocycles. The highest BCUT2D eigenvalue weighted by Gasteiger charge is 2.29. The molecule has 0 radical (unpaired) electrons. The standard InChI is InChI=1S/C21H16Cl2O3S/c22-17-10-6-15(7-11-17)20(21(24)16-8-12-18(23)13-9-16)14-27(25,26)19-4-2-1-3-5-19/h1-13,20H,14H2. The lowest BCUT2D eigenvalue weighted by Crippen LogP contribution is -2.22. The van der Waals surface area contributed by atoms with Crippen LogP contribution in [0.15, 0.2) is 83.8 Å². The van der Waals surface area contributed by atoms with Gasteiger partial charge >= 0.3 is 0 Å². The summed E-state index contributed by atoms with van der Waals surface area (Å²) < 4.78 is 25.7. The molecule has 0 saturated carbocycles. The summed E-state index contributed by atoms with van der Waals surface area (Å²) in [6, 6.07) is 21.2. The number of hydrogen-bond acceptors (Lipinski definition) is 3. The molecule has 0 aliphatic heterocycles. The Labute approximate surface area is 168 Å². The van der Waals surface area contributed by atoms with Crippen molar-refractivity contribution in [2.24, 2.45) is 0 Å². The van der Waals surface area contributed by atoms with E-state index >= 15 is 0 Å². The first kappa shape index (κ1) is 19.6. The Morgan fingerprint density at radius 3 is 1.85 bits per heavy atom. The highest BCUT2D eigenvalue weighted by molar-refractivity contribution is 7.91. The molecule has 3 aromatic rings. The van der Waals surface area contributed by atoms with Crippen molar-refractivity contribution in [2.45, 2.75) is 10.8 Å². The van der Waals surface area contributed by atoms with Crippen LogP contribution in [0, 0.1) is 0 Å². The van der Waals surface area contributed by atoms with Crippen molar-refractivity contribution in [3.05, 3.63) is 100 Å². The van der Waals surface area contributed by atoms with Crippen LogP contribution in [0.2, 0.25) is 10.0 Å². The summed E-state index contributed by atoms with van der Waals surface area (Å²) in [5.41, 5.74) is 1.00.